The number of anilines is 1. The van der Waals surface area contributed by atoms with Crippen LogP contribution in [0.1, 0.15) is 35.3 Å². The van der Waals surface area contributed by atoms with Crippen LogP contribution in [0.25, 0.3) is 0 Å². The number of benzene rings is 2. The first-order chi connectivity index (χ1) is 13.7. The Balaban J connectivity index is 1.81. The lowest BCUT2D eigenvalue weighted by Crippen LogP contribution is -2.37. The fourth-order valence-electron chi connectivity index (χ4n) is 2.35. The zero-order valence-electron chi connectivity index (χ0n) is 17.1. The molecule has 0 heterocycles. The number of amides is 1. The van der Waals surface area contributed by atoms with Gasteiger partial charge in [-0.3, -0.25) is 10.1 Å². The number of nitrogens with one attached hydrogen (secondary N) is 2. The Bertz CT molecular complexity index is 879. The highest BCUT2D eigenvalue weighted by atomic mass is 32.1. The minimum Gasteiger partial charge on any atom is -0.483 e. The molecule has 0 aliphatic heterocycles. The lowest BCUT2D eigenvalue weighted by Gasteiger charge is -2.12. The van der Waals surface area contributed by atoms with Crippen LogP contribution in [0, 0.1) is 19.8 Å². The van der Waals surface area contributed by atoms with Gasteiger partial charge in [0.25, 0.3) is 5.91 Å². The number of esters is 1. The molecule has 0 unspecified atom stereocenters. The van der Waals surface area contributed by atoms with Crippen molar-refractivity contribution in [2.24, 2.45) is 5.92 Å². The van der Waals surface area contributed by atoms with Crippen LogP contribution in [0.3, 0.4) is 0 Å². The molecule has 0 aromatic heterocycles. The molecule has 7 heteroatoms. The second-order valence-corrected chi connectivity index (χ2v) is 7.54. The fraction of sp³-hybridized carbons (Fsp3) is 0.318. The number of aryl methyl sites for hydroxylation is 2. The van der Waals surface area contributed by atoms with Crippen molar-refractivity contribution in [3.8, 4) is 5.75 Å². The Morgan fingerprint density at radius 1 is 1.07 bits per heavy atom. The maximum atomic E-state index is 12.1. The summed E-state index contributed by atoms with van der Waals surface area (Å²) in [6, 6.07) is 12.5. The third-order valence-electron chi connectivity index (χ3n) is 3.88. The van der Waals surface area contributed by atoms with Crippen molar-refractivity contribution < 1.29 is 19.1 Å². The summed E-state index contributed by atoms with van der Waals surface area (Å²) in [6.07, 6.45) is 0. The van der Waals surface area contributed by atoms with E-state index in [4.69, 9.17) is 21.7 Å². The maximum Gasteiger partial charge on any atom is 0.338 e. The Hall–Kier alpha value is -2.93. The van der Waals surface area contributed by atoms with E-state index in [0.29, 0.717) is 23.6 Å². The summed E-state index contributed by atoms with van der Waals surface area (Å²) in [5, 5.41) is 5.62. The van der Waals surface area contributed by atoms with Crippen molar-refractivity contribution in [1.29, 1.82) is 0 Å². The molecule has 0 spiro atoms. The van der Waals surface area contributed by atoms with Gasteiger partial charge in [-0.2, -0.15) is 0 Å². The van der Waals surface area contributed by atoms with Crippen LogP contribution >= 0.6 is 12.2 Å². The lowest BCUT2D eigenvalue weighted by molar-refractivity contribution is -0.121. The molecule has 0 bridgehead atoms. The number of ether oxygens (including phenoxy) is 2. The molecule has 2 aromatic carbocycles. The van der Waals surface area contributed by atoms with E-state index >= 15 is 0 Å². The molecule has 154 valence electrons. The highest BCUT2D eigenvalue weighted by Gasteiger charge is 2.10. The van der Waals surface area contributed by atoms with Gasteiger partial charge < -0.3 is 14.8 Å². The monoisotopic (exact) mass is 414 g/mol. The van der Waals surface area contributed by atoms with Crippen molar-refractivity contribution in [2.45, 2.75) is 27.7 Å². The number of hydrogen-bond donors (Lipinski definition) is 2. The van der Waals surface area contributed by atoms with Gasteiger partial charge in [0.1, 0.15) is 5.75 Å². The summed E-state index contributed by atoms with van der Waals surface area (Å²) < 4.78 is 10.7. The molecule has 2 N–H and O–H groups in total. The molecule has 0 fully saturated rings. The topological polar surface area (TPSA) is 76.7 Å². The molecule has 0 aliphatic rings. The van der Waals surface area contributed by atoms with Crippen LogP contribution < -0.4 is 15.4 Å². The second kappa shape index (κ2) is 10.6. The summed E-state index contributed by atoms with van der Waals surface area (Å²) in [5.74, 6) is 0.209. The maximum absolute atomic E-state index is 12.1. The first-order valence-electron chi connectivity index (χ1n) is 9.32. The summed E-state index contributed by atoms with van der Waals surface area (Å²) in [4.78, 5) is 24.0. The van der Waals surface area contributed by atoms with Crippen molar-refractivity contribution in [2.75, 3.05) is 18.5 Å². The molecule has 0 atom stereocenters. The summed E-state index contributed by atoms with van der Waals surface area (Å²) in [7, 11) is 0. The molecule has 0 radical (unpaired) electrons. The van der Waals surface area contributed by atoms with E-state index in [1.165, 1.54) is 0 Å². The van der Waals surface area contributed by atoms with E-state index in [9.17, 15) is 9.59 Å². The van der Waals surface area contributed by atoms with Crippen molar-refractivity contribution >= 4 is 34.9 Å². The number of carbonyl (C=O) groups is 2. The standard InChI is InChI=1S/C22H26N2O4S/c1-14(2)12-28-21(26)17-7-9-18(10-8-17)23-22(29)24-20(25)13-27-19-11-15(3)5-6-16(19)4/h5-11,14H,12-13H2,1-4H3,(H2,23,24,25,29). The Labute approximate surface area is 176 Å². The number of thiocarbonyl (C=S) groups is 1. The van der Waals surface area contributed by atoms with Crippen LogP contribution in [-0.2, 0) is 9.53 Å². The zero-order valence-corrected chi connectivity index (χ0v) is 17.9. The minimum absolute atomic E-state index is 0.146. The summed E-state index contributed by atoms with van der Waals surface area (Å²) in [6.45, 7) is 8.05. The summed E-state index contributed by atoms with van der Waals surface area (Å²) in [5.41, 5.74) is 3.11. The molecular weight excluding hydrogens is 388 g/mol. The number of rotatable bonds is 7. The van der Waals surface area contributed by atoms with Gasteiger partial charge >= 0.3 is 5.97 Å². The SMILES string of the molecule is Cc1ccc(C)c(OCC(=O)NC(=S)Nc2ccc(C(=O)OCC(C)C)cc2)c1. The predicted octanol–water partition coefficient (Wildman–Crippen LogP) is 4.01. The zero-order chi connectivity index (χ0) is 21.4. The average molecular weight is 415 g/mol. The molecule has 1 amide bonds. The fourth-order valence-corrected chi connectivity index (χ4v) is 2.58. The molecule has 29 heavy (non-hydrogen) atoms. The second-order valence-electron chi connectivity index (χ2n) is 7.13. The third kappa shape index (κ3) is 7.54. The average Bonchev–Trinajstić information content (AvgIpc) is 2.67. The van der Waals surface area contributed by atoms with Crippen LogP contribution in [0.15, 0.2) is 42.5 Å². The van der Waals surface area contributed by atoms with Gasteiger partial charge in [0.2, 0.25) is 0 Å². The summed E-state index contributed by atoms with van der Waals surface area (Å²) >= 11 is 5.15. The first-order valence-corrected chi connectivity index (χ1v) is 9.73. The van der Waals surface area contributed by atoms with E-state index in [2.05, 4.69) is 10.6 Å². The molecular formula is C22H26N2O4S. The van der Waals surface area contributed by atoms with Crippen molar-refractivity contribution in [1.82, 2.24) is 5.32 Å². The molecule has 0 saturated heterocycles. The Kier molecular flexibility index (Phi) is 8.15. The Morgan fingerprint density at radius 2 is 1.76 bits per heavy atom. The quantitative estimate of drug-likeness (QED) is 0.527. The highest BCUT2D eigenvalue weighted by molar-refractivity contribution is 7.80. The van der Waals surface area contributed by atoms with Gasteiger partial charge in [-0.25, -0.2) is 4.79 Å². The van der Waals surface area contributed by atoms with E-state index in [-0.39, 0.29) is 29.5 Å². The van der Waals surface area contributed by atoms with Gasteiger partial charge in [-0.15, -0.1) is 0 Å². The molecule has 2 aromatic rings. The van der Waals surface area contributed by atoms with Gasteiger partial charge in [0.05, 0.1) is 12.2 Å². The lowest BCUT2D eigenvalue weighted by atomic mass is 10.1. The third-order valence-corrected chi connectivity index (χ3v) is 4.09. The minimum atomic E-state index is -0.371. The van der Waals surface area contributed by atoms with E-state index < -0.39 is 0 Å². The largest absolute Gasteiger partial charge is 0.483 e. The number of hydrogen-bond acceptors (Lipinski definition) is 5. The van der Waals surface area contributed by atoms with Gasteiger partial charge in [0, 0.05) is 5.69 Å². The normalized spacial score (nSPS) is 10.4. The van der Waals surface area contributed by atoms with Gasteiger partial charge in [0.15, 0.2) is 11.7 Å². The van der Waals surface area contributed by atoms with Crippen molar-refractivity contribution in [3.63, 3.8) is 0 Å². The van der Waals surface area contributed by atoms with Crippen LogP contribution in [0.5, 0.6) is 5.75 Å². The number of carbonyl (C=O) groups excluding carboxylic acids is 2. The molecule has 6 nitrogen and oxygen atoms in total. The van der Waals surface area contributed by atoms with Crippen LogP contribution in [0.4, 0.5) is 5.69 Å². The van der Waals surface area contributed by atoms with Gasteiger partial charge in [-0.1, -0.05) is 26.0 Å². The smallest absolute Gasteiger partial charge is 0.338 e. The Morgan fingerprint density at radius 3 is 2.41 bits per heavy atom. The van der Waals surface area contributed by atoms with E-state index in [0.717, 1.165) is 11.1 Å². The first kappa shape index (κ1) is 22.4. The van der Waals surface area contributed by atoms with E-state index in [1.54, 1.807) is 24.3 Å². The van der Waals surface area contributed by atoms with Gasteiger partial charge in [-0.05, 0) is 73.4 Å². The van der Waals surface area contributed by atoms with Crippen LogP contribution in [-0.4, -0.2) is 30.2 Å². The predicted molar refractivity (Wildman–Crippen MR) is 117 cm³/mol. The van der Waals surface area contributed by atoms with E-state index in [1.807, 2.05) is 45.9 Å². The van der Waals surface area contributed by atoms with Crippen molar-refractivity contribution in [3.05, 3.63) is 59.2 Å². The highest BCUT2D eigenvalue weighted by Crippen LogP contribution is 2.18. The molecule has 2 rings (SSSR count). The van der Waals surface area contributed by atoms with Crippen LogP contribution in [0.2, 0.25) is 0 Å². The molecule has 0 saturated carbocycles. The molecule has 0 aliphatic carbocycles.